The third-order valence-electron chi connectivity index (χ3n) is 3.58. The number of amides is 1. The van der Waals surface area contributed by atoms with Crippen LogP contribution in [0.25, 0.3) is 0 Å². The molecule has 0 unspecified atom stereocenters. The topological polar surface area (TPSA) is 60.0 Å². The maximum Gasteiger partial charge on any atom is 0.243 e. The number of hydrogen-bond donors (Lipinski definition) is 2. The molecule has 0 radical (unpaired) electrons. The van der Waals surface area contributed by atoms with Crippen LogP contribution in [0.2, 0.25) is 0 Å². The van der Waals surface area contributed by atoms with E-state index in [1.807, 2.05) is 0 Å². The molecule has 0 bridgehead atoms. The molecule has 1 rings (SSSR count). The van der Waals surface area contributed by atoms with E-state index in [0.29, 0.717) is 0 Å². The Labute approximate surface area is 152 Å². The highest BCUT2D eigenvalue weighted by atomic mass is 127. The molecule has 0 aromatic carbocycles. The summed E-state index contributed by atoms with van der Waals surface area (Å²) in [5, 5.41) is 6.57. The third-order valence-corrected chi connectivity index (χ3v) is 3.58. The number of likely N-dealkylation sites (tertiary alicyclic amines) is 1. The molecule has 0 saturated carbocycles. The lowest BCUT2D eigenvalue weighted by Gasteiger charge is -2.26. The molecule has 0 aromatic heterocycles. The summed E-state index contributed by atoms with van der Waals surface area (Å²) in [6.07, 6.45) is 5.02. The van der Waals surface area contributed by atoms with Crippen LogP contribution in [0.5, 0.6) is 0 Å². The second kappa shape index (κ2) is 12.9. The molecule has 2 N–H and O–H groups in total. The first-order valence-electron chi connectivity index (χ1n) is 8.08. The van der Waals surface area contributed by atoms with Gasteiger partial charge in [-0.3, -0.25) is 4.79 Å². The Morgan fingerprint density at radius 3 is 2.36 bits per heavy atom. The van der Waals surface area contributed by atoms with Gasteiger partial charge in [0.1, 0.15) is 6.54 Å². The van der Waals surface area contributed by atoms with Crippen molar-refractivity contribution in [1.29, 1.82) is 0 Å². The molecule has 1 saturated heterocycles. The van der Waals surface area contributed by atoms with Gasteiger partial charge in [0, 0.05) is 33.7 Å². The van der Waals surface area contributed by atoms with Gasteiger partial charge in [-0.25, -0.2) is 4.99 Å². The van der Waals surface area contributed by atoms with Crippen molar-refractivity contribution in [3.05, 3.63) is 0 Å². The van der Waals surface area contributed by atoms with Gasteiger partial charge >= 0.3 is 0 Å². The van der Waals surface area contributed by atoms with Gasteiger partial charge in [-0.1, -0.05) is 13.3 Å². The van der Waals surface area contributed by atoms with Gasteiger partial charge in [-0.2, -0.15) is 0 Å². The lowest BCUT2D eigenvalue weighted by molar-refractivity contribution is -0.127. The lowest BCUT2D eigenvalue weighted by Crippen LogP contribution is -2.43. The molecule has 0 atom stereocenters. The highest BCUT2D eigenvalue weighted by Gasteiger charge is 2.09. The molecule has 1 aliphatic heterocycles. The molecule has 0 aromatic rings. The summed E-state index contributed by atoms with van der Waals surface area (Å²) in [4.78, 5) is 20.0. The van der Waals surface area contributed by atoms with E-state index in [2.05, 4.69) is 27.4 Å². The van der Waals surface area contributed by atoms with Crippen LogP contribution in [0.3, 0.4) is 0 Å². The summed E-state index contributed by atoms with van der Waals surface area (Å²) in [7, 11) is 3.50. The maximum absolute atomic E-state index is 11.6. The minimum atomic E-state index is 0. The van der Waals surface area contributed by atoms with E-state index in [1.165, 1.54) is 32.4 Å². The first kappa shape index (κ1) is 21.4. The Hall–Kier alpha value is -0.570. The van der Waals surface area contributed by atoms with Gasteiger partial charge in [0.15, 0.2) is 5.96 Å². The summed E-state index contributed by atoms with van der Waals surface area (Å²) in [6.45, 7) is 7.48. The van der Waals surface area contributed by atoms with Gasteiger partial charge < -0.3 is 20.4 Å². The predicted octanol–water partition coefficient (Wildman–Crippen LogP) is 1.12. The highest BCUT2D eigenvalue weighted by Crippen LogP contribution is 2.07. The monoisotopic (exact) mass is 425 g/mol. The molecule has 6 nitrogen and oxygen atoms in total. The van der Waals surface area contributed by atoms with Crippen LogP contribution in [0, 0.1) is 0 Å². The number of aliphatic imine (C=N–C) groups is 1. The number of likely N-dealkylation sites (N-methyl/N-ethyl adjacent to an activating group) is 1. The number of nitrogens with one attached hydrogen (secondary N) is 2. The Kier molecular flexibility index (Phi) is 12.6. The summed E-state index contributed by atoms with van der Waals surface area (Å²) < 4.78 is 0. The van der Waals surface area contributed by atoms with Crippen LogP contribution in [0.15, 0.2) is 4.99 Å². The first-order valence-corrected chi connectivity index (χ1v) is 8.08. The number of rotatable bonds is 7. The average molecular weight is 425 g/mol. The predicted molar refractivity (Wildman–Crippen MR) is 103 cm³/mol. The minimum Gasteiger partial charge on any atom is -0.356 e. The van der Waals surface area contributed by atoms with Crippen molar-refractivity contribution in [2.24, 2.45) is 4.99 Å². The zero-order chi connectivity index (χ0) is 15.5. The Morgan fingerprint density at radius 2 is 1.77 bits per heavy atom. The fraction of sp³-hybridized carbons (Fsp3) is 0.867. The second-order valence-corrected chi connectivity index (χ2v) is 5.71. The largest absolute Gasteiger partial charge is 0.356 e. The van der Waals surface area contributed by atoms with E-state index in [-0.39, 0.29) is 36.4 Å². The van der Waals surface area contributed by atoms with Crippen molar-refractivity contribution in [2.45, 2.75) is 32.6 Å². The zero-order valence-corrected chi connectivity index (χ0v) is 16.6. The summed E-state index contributed by atoms with van der Waals surface area (Å²) in [5.41, 5.74) is 0. The molecule has 0 aliphatic carbocycles. The fourth-order valence-corrected chi connectivity index (χ4v) is 2.22. The summed E-state index contributed by atoms with van der Waals surface area (Å²) in [6, 6.07) is 0. The first-order chi connectivity index (χ1) is 10.1. The number of halogens is 1. The number of carbonyl (C=O) groups is 1. The SMILES string of the molecule is CCCNC(=NCC(=O)N(C)C)NCCN1CCCCC1.I. The molecule has 7 heteroatoms. The minimum absolute atomic E-state index is 0. The normalized spacial score (nSPS) is 15.9. The molecular formula is C15H32IN5O. The van der Waals surface area contributed by atoms with Crippen LogP contribution in [0.4, 0.5) is 0 Å². The quantitative estimate of drug-likeness (QED) is 0.365. The molecule has 22 heavy (non-hydrogen) atoms. The summed E-state index contributed by atoms with van der Waals surface area (Å²) in [5.74, 6) is 0.757. The highest BCUT2D eigenvalue weighted by molar-refractivity contribution is 14.0. The molecule has 1 fully saturated rings. The van der Waals surface area contributed by atoms with Gasteiger partial charge in [0.25, 0.3) is 0 Å². The lowest BCUT2D eigenvalue weighted by atomic mass is 10.1. The number of hydrogen-bond acceptors (Lipinski definition) is 3. The smallest absolute Gasteiger partial charge is 0.243 e. The Balaban J connectivity index is 0.00000441. The van der Waals surface area contributed by atoms with E-state index >= 15 is 0 Å². The van der Waals surface area contributed by atoms with Gasteiger partial charge in [-0.05, 0) is 32.4 Å². The van der Waals surface area contributed by atoms with Gasteiger partial charge in [0.05, 0.1) is 0 Å². The van der Waals surface area contributed by atoms with Crippen molar-refractivity contribution in [3.63, 3.8) is 0 Å². The van der Waals surface area contributed by atoms with Crippen molar-refractivity contribution >= 4 is 35.8 Å². The number of piperidine rings is 1. The van der Waals surface area contributed by atoms with Crippen molar-refractivity contribution in [3.8, 4) is 0 Å². The van der Waals surface area contributed by atoms with Crippen LogP contribution >= 0.6 is 24.0 Å². The van der Waals surface area contributed by atoms with Crippen molar-refractivity contribution < 1.29 is 4.79 Å². The van der Waals surface area contributed by atoms with E-state index in [4.69, 9.17) is 0 Å². The molecule has 130 valence electrons. The maximum atomic E-state index is 11.6. The molecule has 1 amide bonds. The van der Waals surface area contributed by atoms with E-state index in [9.17, 15) is 4.79 Å². The summed E-state index contributed by atoms with van der Waals surface area (Å²) >= 11 is 0. The van der Waals surface area contributed by atoms with Crippen LogP contribution < -0.4 is 10.6 Å². The van der Waals surface area contributed by atoms with Crippen molar-refractivity contribution in [2.75, 3.05) is 53.4 Å². The second-order valence-electron chi connectivity index (χ2n) is 5.71. The van der Waals surface area contributed by atoms with Crippen LogP contribution in [-0.4, -0.2) is 75.0 Å². The number of nitrogens with zero attached hydrogens (tertiary/aromatic N) is 3. The number of guanidine groups is 1. The Bertz CT molecular complexity index is 330. The van der Waals surface area contributed by atoms with Gasteiger partial charge in [-0.15, -0.1) is 24.0 Å². The zero-order valence-electron chi connectivity index (χ0n) is 14.2. The van der Waals surface area contributed by atoms with Crippen LogP contribution in [0.1, 0.15) is 32.6 Å². The Morgan fingerprint density at radius 1 is 1.14 bits per heavy atom. The molecular weight excluding hydrogens is 393 g/mol. The number of carbonyl (C=O) groups excluding carboxylic acids is 1. The van der Waals surface area contributed by atoms with E-state index < -0.39 is 0 Å². The fourth-order valence-electron chi connectivity index (χ4n) is 2.22. The molecule has 1 heterocycles. The molecule has 0 spiro atoms. The van der Waals surface area contributed by atoms with E-state index in [1.54, 1.807) is 19.0 Å². The third kappa shape index (κ3) is 9.45. The standard InChI is InChI=1S/C15H31N5O.HI/c1-4-8-16-15(18-13-14(21)19(2)3)17-9-12-20-10-6-5-7-11-20;/h4-13H2,1-3H3,(H2,16,17,18);1H. The van der Waals surface area contributed by atoms with Crippen LogP contribution in [-0.2, 0) is 4.79 Å². The molecule has 1 aliphatic rings. The van der Waals surface area contributed by atoms with E-state index in [0.717, 1.165) is 32.0 Å². The van der Waals surface area contributed by atoms with Gasteiger partial charge in [0.2, 0.25) is 5.91 Å². The average Bonchev–Trinajstić information content (AvgIpc) is 2.50. The van der Waals surface area contributed by atoms with Crippen molar-refractivity contribution in [1.82, 2.24) is 20.4 Å².